The van der Waals surface area contributed by atoms with Crippen LogP contribution in [-0.4, -0.2) is 20.5 Å². The average Bonchev–Trinajstić information content (AvgIpc) is 2.89. The van der Waals surface area contributed by atoms with Gasteiger partial charge in [0.2, 0.25) is 10.0 Å². The van der Waals surface area contributed by atoms with Crippen LogP contribution in [0, 0.1) is 0 Å². The number of nitrogens with two attached hydrogens (primary N) is 1. The molecule has 20 heavy (non-hydrogen) atoms. The zero-order valence-electron chi connectivity index (χ0n) is 11.5. The molecule has 0 aliphatic heterocycles. The van der Waals surface area contributed by atoms with Crippen molar-refractivity contribution < 1.29 is 17.9 Å². The highest BCUT2D eigenvalue weighted by Crippen LogP contribution is 2.24. The number of carbonyl (C=O) groups is 1. The summed E-state index contributed by atoms with van der Waals surface area (Å²) in [5.41, 5.74) is 1.06. The lowest BCUT2D eigenvalue weighted by Gasteiger charge is -2.14. The van der Waals surface area contributed by atoms with E-state index in [9.17, 15) is 13.2 Å². The molecule has 1 aliphatic rings. The van der Waals surface area contributed by atoms with Gasteiger partial charge >= 0.3 is 5.97 Å². The zero-order valence-corrected chi connectivity index (χ0v) is 12.3. The van der Waals surface area contributed by atoms with Gasteiger partial charge in [-0.3, -0.25) is 0 Å². The average molecular weight is 297 g/mol. The summed E-state index contributed by atoms with van der Waals surface area (Å²) >= 11 is 0. The first-order chi connectivity index (χ1) is 9.41. The van der Waals surface area contributed by atoms with Gasteiger partial charge in [0.1, 0.15) is 6.10 Å². The van der Waals surface area contributed by atoms with Crippen LogP contribution in [0.1, 0.15) is 48.5 Å². The normalized spacial score (nSPS) is 16.3. The minimum atomic E-state index is -3.82. The van der Waals surface area contributed by atoms with Crippen LogP contribution in [0.4, 0.5) is 0 Å². The number of hydrogen-bond donors (Lipinski definition) is 1. The summed E-state index contributed by atoms with van der Waals surface area (Å²) in [4.78, 5) is 12.1. The summed E-state index contributed by atoms with van der Waals surface area (Å²) in [5.74, 6) is -0.459. The van der Waals surface area contributed by atoms with Crippen LogP contribution in [0.15, 0.2) is 23.1 Å². The van der Waals surface area contributed by atoms with Crippen LogP contribution in [-0.2, 0) is 21.2 Å². The smallest absolute Gasteiger partial charge is 0.338 e. The van der Waals surface area contributed by atoms with Gasteiger partial charge in [-0.1, -0.05) is 13.0 Å². The van der Waals surface area contributed by atoms with E-state index in [4.69, 9.17) is 9.88 Å². The molecule has 1 saturated carbocycles. The van der Waals surface area contributed by atoms with Crippen LogP contribution in [0.2, 0.25) is 0 Å². The van der Waals surface area contributed by atoms with Crippen LogP contribution >= 0.6 is 0 Å². The molecule has 0 unspecified atom stereocenters. The van der Waals surface area contributed by atoms with Gasteiger partial charge in [0.15, 0.2) is 0 Å². The Kier molecular flexibility index (Phi) is 4.45. The van der Waals surface area contributed by atoms with Gasteiger partial charge in [0.25, 0.3) is 0 Å². The van der Waals surface area contributed by atoms with Gasteiger partial charge < -0.3 is 4.74 Å². The third kappa shape index (κ3) is 3.37. The van der Waals surface area contributed by atoms with E-state index in [0.717, 1.165) is 31.2 Å². The first-order valence-electron chi connectivity index (χ1n) is 6.78. The van der Waals surface area contributed by atoms with E-state index >= 15 is 0 Å². The van der Waals surface area contributed by atoms with E-state index in [0.29, 0.717) is 12.0 Å². The molecule has 0 atom stereocenters. The lowest BCUT2D eigenvalue weighted by Crippen LogP contribution is -2.18. The maximum Gasteiger partial charge on any atom is 0.338 e. The van der Waals surface area contributed by atoms with Crippen molar-refractivity contribution in [3.63, 3.8) is 0 Å². The second kappa shape index (κ2) is 5.93. The minimum absolute atomic E-state index is 0.0506. The molecular weight excluding hydrogens is 278 g/mol. The number of sulfonamides is 1. The number of ether oxygens (including phenoxy) is 1. The molecule has 2 rings (SSSR count). The molecule has 110 valence electrons. The molecule has 1 aromatic carbocycles. The van der Waals surface area contributed by atoms with Gasteiger partial charge in [0.05, 0.1) is 10.5 Å². The van der Waals surface area contributed by atoms with E-state index in [1.807, 2.05) is 6.92 Å². The summed E-state index contributed by atoms with van der Waals surface area (Å²) < 4.78 is 28.2. The first kappa shape index (κ1) is 15.0. The predicted octanol–water partition coefficient (Wildman–Crippen LogP) is 2.00. The topological polar surface area (TPSA) is 86.5 Å². The SMILES string of the molecule is CCc1ccc(S(N)(=O)=O)cc1C(=O)OC1CCCC1. The molecule has 0 bridgehead atoms. The molecule has 0 radical (unpaired) electrons. The molecule has 0 aromatic heterocycles. The molecule has 1 aliphatic carbocycles. The Morgan fingerprint density at radius 1 is 1.35 bits per heavy atom. The van der Waals surface area contributed by atoms with E-state index in [-0.39, 0.29) is 11.0 Å². The third-order valence-corrected chi connectivity index (χ3v) is 4.50. The molecule has 0 saturated heterocycles. The molecule has 0 heterocycles. The van der Waals surface area contributed by atoms with Crippen molar-refractivity contribution in [2.45, 2.75) is 50.0 Å². The number of rotatable bonds is 4. The predicted molar refractivity (Wildman–Crippen MR) is 74.9 cm³/mol. The van der Waals surface area contributed by atoms with E-state index in [1.165, 1.54) is 12.1 Å². The largest absolute Gasteiger partial charge is 0.459 e. The highest BCUT2D eigenvalue weighted by Gasteiger charge is 2.22. The van der Waals surface area contributed by atoms with Crippen molar-refractivity contribution >= 4 is 16.0 Å². The second-order valence-corrected chi connectivity index (χ2v) is 6.59. The Balaban J connectivity index is 2.29. The number of hydrogen-bond acceptors (Lipinski definition) is 4. The zero-order chi connectivity index (χ0) is 14.8. The molecule has 2 N–H and O–H groups in total. The Morgan fingerprint density at radius 3 is 2.55 bits per heavy atom. The van der Waals surface area contributed by atoms with Gasteiger partial charge in [-0.25, -0.2) is 18.4 Å². The maximum atomic E-state index is 12.2. The van der Waals surface area contributed by atoms with Crippen molar-refractivity contribution in [2.75, 3.05) is 0 Å². The lowest BCUT2D eigenvalue weighted by molar-refractivity contribution is 0.0316. The summed E-state index contributed by atoms with van der Waals surface area (Å²) in [6.45, 7) is 1.90. The molecule has 5 nitrogen and oxygen atoms in total. The first-order valence-corrected chi connectivity index (χ1v) is 8.33. The van der Waals surface area contributed by atoms with Crippen molar-refractivity contribution in [3.8, 4) is 0 Å². The number of benzene rings is 1. The van der Waals surface area contributed by atoms with E-state index in [2.05, 4.69) is 0 Å². The van der Waals surface area contributed by atoms with Crippen LogP contribution in [0.3, 0.4) is 0 Å². The summed E-state index contributed by atoms with van der Waals surface area (Å²) in [6.07, 6.45) is 4.46. The lowest BCUT2D eigenvalue weighted by atomic mass is 10.1. The quantitative estimate of drug-likeness (QED) is 0.861. The standard InChI is InChI=1S/C14H19NO4S/c1-2-10-7-8-12(20(15,17)18)9-13(10)14(16)19-11-5-3-4-6-11/h7-9,11H,2-6H2,1H3,(H2,15,17,18). The number of carbonyl (C=O) groups excluding carboxylic acids is 1. The van der Waals surface area contributed by atoms with Crippen LogP contribution < -0.4 is 5.14 Å². The second-order valence-electron chi connectivity index (χ2n) is 5.03. The number of primary sulfonamides is 1. The summed E-state index contributed by atoms with van der Waals surface area (Å²) in [6, 6.07) is 4.34. The van der Waals surface area contributed by atoms with Crippen LogP contribution in [0.25, 0.3) is 0 Å². The van der Waals surface area contributed by atoms with Gasteiger partial charge in [0, 0.05) is 0 Å². The fourth-order valence-corrected chi connectivity index (χ4v) is 2.99. The summed E-state index contributed by atoms with van der Waals surface area (Å²) in [5, 5.41) is 5.10. The summed E-state index contributed by atoms with van der Waals surface area (Å²) in [7, 11) is -3.82. The van der Waals surface area contributed by atoms with E-state index < -0.39 is 16.0 Å². The highest BCUT2D eigenvalue weighted by atomic mass is 32.2. The minimum Gasteiger partial charge on any atom is -0.459 e. The van der Waals surface area contributed by atoms with Gasteiger partial charge in [-0.15, -0.1) is 0 Å². The Labute approximate surface area is 119 Å². The molecule has 1 fully saturated rings. The Bertz CT molecular complexity index is 604. The van der Waals surface area contributed by atoms with Crippen molar-refractivity contribution in [2.24, 2.45) is 5.14 Å². The van der Waals surface area contributed by atoms with E-state index in [1.54, 1.807) is 6.07 Å². The Morgan fingerprint density at radius 2 is 2.00 bits per heavy atom. The number of aryl methyl sites for hydroxylation is 1. The van der Waals surface area contributed by atoms with Gasteiger partial charge in [-0.2, -0.15) is 0 Å². The van der Waals surface area contributed by atoms with Crippen molar-refractivity contribution in [1.29, 1.82) is 0 Å². The van der Waals surface area contributed by atoms with Crippen molar-refractivity contribution in [1.82, 2.24) is 0 Å². The highest BCUT2D eigenvalue weighted by molar-refractivity contribution is 7.89. The van der Waals surface area contributed by atoms with Crippen molar-refractivity contribution in [3.05, 3.63) is 29.3 Å². The molecule has 0 amide bonds. The fourth-order valence-electron chi connectivity index (χ4n) is 2.45. The van der Waals surface area contributed by atoms with Gasteiger partial charge in [-0.05, 0) is 49.8 Å². The Hall–Kier alpha value is -1.40. The molecular formula is C14H19NO4S. The third-order valence-electron chi connectivity index (χ3n) is 3.59. The monoisotopic (exact) mass is 297 g/mol. The molecule has 1 aromatic rings. The number of esters is 1. The fraction of sp³-hybridized carbons (Fsp3) is 0.500. The van der Waals surface area contributed by atoms with Crippen LogP contribution in [0.5, 0.6) is 0 Å². The maximum absolute atomic E-state index is 12.2. The molecule has 6 heteroatoms. The molecule has 0 spiro atoms.